The van der Waals surface area contributed by atoms with Crippen molar-refractivity contribution in [2.75, 3.05) is 7.11 Å². The molecule has 0 aliphatic carbocycles. The summed E-state index contributed by atoms with van der Waals surface area (Å²) in [4.78, 5) is 12.6. The van der Waals surface area contributed by atoms with Crippen LogP contribution >= 0.6 is 11.5 Å². The summed E-state index contributed by atoms with van der Waals surface area (Å²) in [6.07, 6.45) is 1.47. The zero-order valence-corrected chi connectivity index (χ0v) is 9.75. The molecule has 0 unspecified atom stereocenters. The molecule has 5 heteroatoms. The number of carbonyl (C=O) groups is 1. The molecule has 0 bridgehead atoms. The molecule has 0 atom stereocenters. The molecule has 0 amide bonds. The van der Waals surface area contributed by atoms with Gasteiger partial charge in [0.25, 0.3) is 0 Å². The van der Waals surface area contributed by atoms with Gasteiger partial charge in [0.2, 0.25) is 5.78 Å². The minimum Gasteiger partial charge on any atom is -0.496 e. The van der Waals surface area contributed by atoms with E-state index >= 15 is 0 Å². The number of hydrogen-bond donors (Lipinski definition) is 0. The summed E-state index contributed by atoms with van der Waals surface area (Å²) >= 11 is 1.08. The van der Waals surface area contributed by atoms with Crippen LogP contribution in [0.15, 0.2) is 24.4 Å². The lowest BCUT2D eigenvalue weighted by Crippen LogP contribution is -2.02. The minimum absolute atomic E-state index is 0.101. The largest absolute Gasteiger partial charge is 0.496 e. The van der Waals surface area contributed by atoms with E-state index in [1.807, 2.05) is 13.0 Å². The van der Waals surface area contributed by atoms with Gasteiger partial charge in [-0.25, -0.2) is 0 Å². The van der Waals surface area contributed by atoms with E-state index in [9.17, 15) is 4.79 Å². The van der Waals surface area contributed by atoms with E-state index in [1.165, 1.54) is 6.20 Å². The maximum atomic E-state index is 12.1. The Balaban J connectivity index is 2.47. The third kappa shape index (κ3) is 1.94. The number of methoxy groups -OCH3 is 1. The summed E-state index contributed by atoms with van der Waals surface area (Å²) in [6, 6.07) is 5.50. The topological polar surface area (TPSA) is 52.1 Å². The predicted octanol–water partition coefficient (Wildman–Crippen LogP) is 2.09. The summed E-state index contributed by atoms with van der Waals surface area (Å²) in [7, 11) is 1.55. The smallest absolute Gasteiger partial charge is 0.209 e. The van der Waals surface area contributed by atoms with Crippen LogP contribution in [0.3, 0.4) is 0 Å². The quantitative estimate of drug-likeness (QED) is 0.763. The molecule has 82 valence electrons. The zero-order valence-electron chi connectivity index (χ0n) is 8.93. The third-order valence-electron chi connectivity index (χ3n) is 2.18. The van der Waals surface area contributed by atoms with Gasteiger partial charge in [0.15, 0.2) is 0 Å². The zero-order chi connectivity index (χ0) is 11.5. The molecule has 4 nitrogen and oxygen atoms in total. The van der Waals surface area contributed by atoms with Crippen LogP contribution in [-0.2, 0) is 0 Å². The van der Waals surface area contributed by atoms with Gasteiger partial charge < -0.3 is 4.74 Å². The summed E-state index contributed by atoms with van der Waals surface area (Å²) < 4.78 is 8.84. The van der Waals surface area contributed by atoms with Crippen LogP contribution in [0.2, 0.25) is 0 Å². The molecule has 16 heavy (non-hydrogen) atoms. The molecule has 2 rings (SSSR count). The SMILES string of the molecule is COc1ccc(C)cc1C(=O)c1cnns1. The molecule has 0 spiro atoms. The van der Waals surface area contributed by atoms with Crippen molar-refractivity contribution in [2.45, 2.75) is 6.92 Å². The third-order valence-corrected chi connectivity index (χ3v) is 2.85. The monoisotopic (exact) mass is 234 g/mol. The highest BCUT2D eigenvalue weighted by Gasteiger charge is 2.16. The van der Waals surface area contributed by atoms with Crippen molar-refractivity contribution in [1.82, 2.24) is 9.59 Å². The molecule has 0 aliphatic heterocycles. The molecule has 0 radical (unpaired) electrons. The normalized spacial score (nSPS) is 10.1. The summed E-state index contributed by atoms with van der Waals surface area (Å²) in [5.74, 6) is 0.472. The molecular weight excluding hydrogens is 224 g/mol. The second-order valence-electron chi connectivity index (χ2n) is 3.31. The van der Waals surface area contributed by atoms with E-state index in [1.54, 1.807) is 19.2 Å². The molecule has 1 heterocycles. The fourth-order valence-corrected chi connectivity index (χ4v) is 1.87. The Hall–Kier alpha value is -1.75. The Morgan fingerprint density at radius 3 is 2.88 bits per heavy atom. The maximum Gasteiger partial charge on any atom is 0.209 e. The van der Waals surface area contributed by atoms with E-state index in [0.29, 0.717) is 16.2 Å². The van der Waals surface area contributed by atoms with Crippen molar-refractivity contribution in [2.24, 2.45) is 0 Å². The number of aromatic nitrogens is 2. The number of aryl methyl sites for hydroxylation is 1. The lowest BCUT2D eigenvalue weighted by atomic mass is 10.1. The summed E-state index contributed by atoms with van der Waals surface area (Å²) in [6.45, 7) is 1.93. The first-order chi connectivity index (χ1) is 7.72. The fourth-order valence-electron chi connectivity index (χ4n) is 1.40. The number of ketones is 1. The van der Waals surface area contributed by atoms with Gasteiger partial charge in [0, 0.05) is 0 Å². The summed E-state index contributed by atoms with van der Waals surface area (Å²) in [5.41, 5.74) is 1.56. The van der Waals surface area contributed by atoms with Gasteiger partial charge in [-0.3, -0.25) is 4.79 Å². The Morgan fingerprint density at radius 1 is 1.44 bits per heavy atom. The Kier molecular flexibility index (Phi) is 2.96. The first-order valence-electron chi connectivity index (χ1n) is 4.69. The first kappa shape index (κ1) is 10.8. The fraction of sp³-hybridized carbons (Fsp3) is 0.182. The highest BCUT2D eigenvalue weighted by Crippen LogP contribution is 2.23. The van der Waals surface area contributed by atoms with Crippen LogP contribution in [-0.4, -0.2) is 22.5 Å². The van der Waals surface area contributed by atoms with Crippen LogP contribution in [0.25, 0.3) is 0 Å². The maximum absolute atomic E-state index is 12.1. The number of hydrogen-bond acceptors (Lipinski definition) is 5. The standard InChI is InChI=1S/C11H10N2O2S/c1-7-3-4-9(15-2)8(5-7)11(14)10-6-12-13-16-10/h3-6H,1-2H3. The van der Waals surface area contributed by atoms with Gasteiger partial charge in [0.05, 0.1) is 18.9 Å². The van der Waals surface area contributed by atoms with Crippen molar-refractivity contribution in [3.05, 3.63) is 40.4 Å². The van der Waals surface area contributed by atoms with Crippen molar-refractivity contribution in [1.29, 1.82) is 0 Å². The Labute approximate surface area is 97.0 Å². The van der Waals surface area contributed by atoms with Gasteiger partial charge in [-0.15, -0.1) is 5.10 Å². The van der Waals surface area contributed by atoms with Crippen molar-refractivity contribution >= 4 is 17.3 Å². The van der Waals surface area contributed by atoms with E-state index in [0.717, 1.165) is 17.1 Å². The van der Waals surface area contributed by atoms with Crippen LogP contribution in [0.1, 0.15) is 20.8 Å². The average Bonchev–Trinajstić information content (AvgIpc) is 2.81. The van der Waals surface area contributed by atoms with Crippen LogP contribution in [0, 0.1) is 6.92 Å². The number of rotatable bonds is 3. The molecule has 1 aromatic carbocycles. The van der Waals surface area contributed by atoms with Crippen LogP contribution < -0.4 is 4.74 Å². The second kappa shape index (κ2) is 4.40. The van der Waals surface area contributed by atoms with Gasteiger partial charge in [-0.05, 0) is 30.6 Å². The second-order valence-corrected chi connectivity index (χ2v) is 4.10. The van der Waals surface area contributed by atoms with Gasteiger partial charge in [0.1, 0.15) is 10.6 Å². The van der Waals surface area contributed by atoms with Gasteiger partial charge in [-0.2, -0.15) is 0 Å². The first-order valence-corrected chi connectivity index (χ1v) is 5.46. The van der Waals surface area contributed by atoms with Crippen molar-refractivity contribution in [3.8, 4) is 5.75 Å². The Morgan fingerprint density at radius 2 is 2.25 bits per heavy atom. The van der Waals surface area contributed by atoms with E-state index in [-0.39, 0.29) is 5.78 Å². The van der Waals surface area contributed by atoms with Gasteiger partial charge in [-0.1, -0.05) is 16.1 Å². The number of ether oxygens (including phenoxy) is 1. The lowest BCUT2D eigenvalue weighted by molar-refractivity contribution is 0.103. The van der Waals surface area contributed by atoms with Crippen LogP contribution in [0.5, 0.6) is 5.75 Å². The van der Waals surface area contributed by atoms with Crippen LogP contribution in [0.4, 0.5) is 0 Å². The lowest BCUT2D eigenvalue weighted by Gasteiger charge is -2.06. The number of carbonyl (C=O) groups excluding carboxylic acids is 1. The molecule has 0 N–H and O–H groups in total. The Bertz CT molecular complexity index is 509. The molecule has 2 aromatic rings. The molecule has 0 fully saturated rings. The highest BCUT2D eigenvalue weighted by molar-refractivity contribution is 7.08. The predicted molar refractivity (Wildman–Crippen MR) is 61.1 cm³/mol. The number of nitrogens with zero attached hydrogens (tertiary/aromatic N) is 2. The van der Waals surface area contributed by atoms with Crippen molar-refractivity contribution in [3.63, 3.8) is 0 Å². The molecular formula is C11H10N2O2S. The minimum atomic E-state index is -0.101. The summed E-state index contributed by atoms with van der Waals surface area (Å²) in [5, 5.41) is 3.65. The highest BCUT2D eigenvalue weighted by atomic mass is 32.1. The van der Waals surface area contributed by atoms with E-state index in [4.69, 9.17) is 4.74 Å². The molecule has 0 aliphatic rings. The van der Waals surface area contributed by atoms with Gasteiger partial charge >= 0.3 is 0 Å². The van der Waals surface area contributed by atoms with Crippen molar-refractivity contribution < 1.29 is 9.53 Å². The number of benzene rings is 1. The van der Waals surface area contributed by atoms with E-state index in [2.05, 4.69) is 9.59 Å². The average molecular weight is 234 g/mol. The molecule has 1 aromatic heterocycles. The molecule has 0 saturated carbocycles. The van der Waals surface area contributed by atoms with E-state index < -0.39 is 0 Å². The molecule has 0 saturated heterocycles.